The minimum atomic E-state index is 0.172. The third-order valence-corrected chi connectivity index (χ3v) is 4.27. The van der Waals surface area contributed by atoms with E-state index in [0.717, 1.165) is 24.4 Å². The summed E-state index contributed by atoms with van der Waals surface area (Å²) in [5.41, 5.74) is 1.17. The standard InChI is InChI=1S/C13H20N2OS/c1-3-10-6-8-17-12(10)13(16)15(2)9-11-5-4-7-14-11/h6,8,11,14H,3-5,7,9H2,1-2H3. The molecule has 1 unspecified atom stereocenters. The van der Waals surface area contributed by atoms with Gasteiger partial charge in [0.15, 0.2) is 0 Å². The zero-order valence-electron chi connectivity index (χ0n) is 10.5. The third kappa shape index (κ3) is 2.87. The largest absolute Gasteiger partial charge is 0.339 e. The van der Waals surface area contributed by atoms with Crippen LogP contribution in [-0.4, -0.2) is 37.0 Å². The predicted molar refractivity (Wildman–Crippen MR) is 71.7 cm³/mol. The van der Waals surface area contributed by atoms with Gasteiger partial charge in [-0.25, -0.2) is 0 Å². The van der Waals surface area contributed by atoms with Gasteiger partial charge in [0.25, 0.3) is 5.91 Å². The minimum Gasteiger partial charge on any atom is -0.339 e. The molecule has 1 amide bonds. The van der Waals surface area contributed by atoms with Crippen LogP contribution in [0.4, 0.5) is 0 Å². The molecule has 0 spiro atoms. The molecule has 1 aromatic rings. The minimum absolute atomic E-state index is 0.172. The van der Waals surface area contributed by atoms with Crippen LogP contribution in [0.5, 0.6) is 0 Å². The summed E-state index contributed by atoms with van der Waals surface area (Å²) in [7, 11) is 1.90. The van der Waals surface area contributed by atoms with Crippen molar-refractivity contribution in [3.8, 4) is 0 Å². The summed E-state index contributed by atoms with van der Waals surface area (Å²) < 4.78 is 0. The molecule has 17 heavy (non-hydrogen) atoms. The van der Waals surface area contributed by atoms with Gasteiger partial charge in [-0.05, 0) is 42.8 Å². The summed E-state index contributed by atoms with van der Waals surface area (Å²) in [4.78, 5) is 15.0. The molecule has 1 aromatic heterocycles. The molecule has 94 valence electrons. The van der Waals surface area contributed by atoms with Gasteiger partial charge in [-0.1, -0.05) is 6.92 Å². The number of carbonyl (C=O) groups is 1. The lowest BCUT2D eigenvalue weighted by Gasteiger charge is -2.21. The van der Waals surface area contributed by atoms with Gasteiger partial charge in [-0.3, -0.25) is 4.79 Å². The molecule has 4 heteroatoms. The number of aryl methyl sites for hydroxylation is 1. The molecule has 1 atom stereocenters. The molecular weight excluding hydrogens is 232 g/mol. The fourth-order valence-corrected chi connectivity index (χ4v) is 3.29. The average molecular weight is 252 g/mol. The van der Waals surface area contributed by atoms with Crippen LogP contribution in [0.25, 0.3) is 0 Å². The second-order valence-electron chi connectivity index (χ2n) is 4.61. The van der Waals surface area contributed by atoms with Crippen molar-refractivity contribution in [1.29, 1.82) is 0 Å². The number of hydrogen-bond acceptors (Lipinski definition) is 3. The van der Waals surface area contributed by atoms with Crippen LogP contribution >= 0.6 is 11.3 Å². The van der Waals surface area contributed by atoms with Gasteiger partial charge in [-0.2, -0.15) is 0 Å². The molecule has 1 aliphatic rings. The molecule has 3 nitrogen and oxygen atoms in total. The van der Waals surface area contributed by atoms with E-state index in [1.54, 1.807) is 11.3 Å². The van der Waals surface area contributed by atoms with Gasteiger partial charge >= 0.3 is 0 Å². The van der Waals surface area contributed by atoms with Gasteiger partial charge in [0.2, 0.25) is 0 Å². The van der Waals surface area contributed by atoms with E-state index < -0.39 is 0 Å². The van der Waals surface area contributed by atoms with Crippen LogP contribution in [0.2, 0.25) is 0 Å². The highest BCUT2D eigenvalue weighted by Gasteiger charge is 2.21. The van der Waals surface area contributed by atoms with Crippen molar-refractivity contribution in [3.05, 3.63) is 21.9 Å². The summed E-state index contributed by atoms with van der Waals surface area (Å²) >= 11 is 1.56. The first-order valence-electron chi connectivity index (χ1n) is 6.27. The third-order valence-electron chi connectivity index (χ3n) is 3.33. The lowest BCUT2D eigenvalue weighted by molar-refractivity contribution is 0.0787. The van der Waals surface area contributed by atoms with Gasteiger partial charge in [0.1, 0.15) is 0 Å². The van der Waals surface area contributed by atoms with Crippen molar-refractivity contribution >= 4 is 17.2 Å². The normalized spacial score (nSPS) is 19.5. The van der Waals surface area contributed by atoms with E-state index in [4.69, 9.17) is 0 Å². The van der Waals surface area contributed by atoms with Gasteiger partial charge in [-0.15, -0.1) is 11.3 Å². The average Bonchev–Trinajstić information content (AvgIpc) is 2.97. The van der Waals surface area contributed by atoms with E-state index in [2.05, 4.69) is 18.3 Å². The van der Waals surface area contributed by atoms with E-state index in [1.165, 1.54) is 18.4 Å². The molecular formula is C13H20N2OS. The van der Waals surface area contributed by atoms with E-state index in [-0.39, 0.29) is 5.91 Å². The first-order chi connectivity index (χ1) is 8.22. The Morgan fingerprint density at radius 3 is 3.12 bits per heavy atom. The Balaban J connectivity index is 1.98. The number of carbonyl (C=O) groups excluding carboxylic acids is 1. The number of nitrogens with zero attached hydrogens (tertiary/aromatic N) is 1. The van der Waals surface area contributed by atoms with Crippen LogP contribution < -0.4 is 5.32 Å². The summed E-state index contributed by atoms with van der Waals surface area (Å²) in [6.45, 7) is 4.00. The number of rotatable bonds is 4. The van der Waals surface area contributed by atoms with Crippen LogP contribution in [0.1, 0.15) is 35.0 Å². The Kier molecular flexibility index (Phi) is 4.18. The van der Waals surface area contributed by atoms with Gasteiger partial charge in [0, 0.05) is 19.6 Å². The van der Waals surface area contributed by atoms with Crippen molar-refractivity contribution in [2.75, 3.05) is 20.1 Å². The van der Waals surface area contributed by atoms with Crippen molar-refractivity contribution in [3.63, 3.8) is 0 Å². The monoisotopic (exact) mass is 252 g/mol. The first-order valence-corrected chi connectivity index (χ1v) is 7.15. The van der Waals surface area contributed by atoms with Crippen LogP contribution in [0.15, 0.2) is 11.4 Å². The predicted octanol–water partition coefficient (Wildman–Crippen LogP) is 2.13. The number of amides is 1. The summed E-state index contributed by atoms with van der Waals surface area (Å²) in [5.74, 6) is 0.172. The second-order valence-corrected chi connectivity index (χ2v) is 5.52. The SMILES string of the molecule is CCc1ccsc1C(=O)N(C)CC1CCCN1. The molecule has 1 aliphatic heterocycles. The smallest absolute Gasteiger partial charge is 0.263 e. The number of thiophene rings is 1. The van der Waals surface area contributed by atoms with Crippen LogP contribution in [0.3, 0.4) is 0 Å². The summed E-state index contributed by atoms with van der Waals surface area (Å²) in [5, 5.41) is 5.43. The Hall–Kier alpha value is -0.870. The number of nitrogens with one attached hydrogen (secondary N) is 1. The molecule has 0 bridgehead atoms. The summed E-state index contributed by atoms with van der Waals surface area (Å²) in [6.07, 6.45) is 3.34. The molecule has 0 aliphatic carbocycles. The van der Waals surface area contributed by atoms with Crippen molar-refractivity contribution < 1.29 is 4.79 Å². The number of likely N-dealkylation sites (N-methyl/N-ethyl adjacent to an activating group) is 1. The van der Waals surface area contributed by atoms with E-state index in [9.17, 15) is 4.79 Å². The molecule has 0 radical (unpaired) electrons. The van der Waals surface area contributed by atoms with Crippen molar-refractivity contribution in [2.24, 2.45) is 0 Å². The molecule has 2 heterocycles. The zero-order chi connectivity index (χ0) is 12.3. The Bertz CT molecular complexity index is 383. The van der Waals surface area contributed by atoms with Crippen LogP contribution in [0, 0.1) is 0 Å². The van der Waals surface area contributed by atoms with Crippen LogP contribution in [-0.2, 0) is 6.42 Å². The first kappa shape index (κ1) is 12.6. The maximum Gasteiger partial charge on any atom is 0.263 e. The molecule has 1 fully saturated rings. The van der Waals surface area contributed by atoms with Crippen molar-refractivity contribution in [1.82, 2.24) is 10.2 Å². The molecule has 0 aromatic carbocycles. The zero-order valence-corrected chi connectivity index (χ0v) is 11.3. The molecule has 2 rings (SSSR count). The lowest BCUT2D eigenvalue weighted by Crippen LogP contribution is -2.38. The Morgan fingerprint density at radius 1 is 1.65 bits per heavy atom. The quantitative estimate of drug-likeness (QED) is 0.890. The Morgan fingerprint density at radius 2 is 2.47 bits per heavy atom. The molecule has 0 saturated carbocycles. The van der Waals surface area contributed by atoms with Gasteiger partial charge < -0.3 is 10.2 Å². The fourth-order valence-electron chi connectivity index (χ4n) is 2.30. The Labute approximate surface area is 107 Å². The number of hydrogen-bond donors (Lipinski definition) is 1. The fraction of sp³-hybridized carbons (Fsp3) is 0.615. The maximum absolute atomic E-state index is 12.3. The van der Waals surface area contributed by atoms with Gasteiger partial charge in [0.05, 0.1) is 4.88 Å². The second kappa shape index (κ2) is 5.65. The van der Waals surface area contributed by atoms with E-state index >= 15 is 0 Å². The molecule has 1 N–H and O–H groups in total. The highest BCUT2D eigenvalue weighted by atomic mass is 32.1. The summed E-state index contributed by atoms with van der Waals surface area (Å²) in [6, 6.07) is 2.54. The topological polar surface area (TPSA) is 32.3 Å². The highest BCUT2D eigenvalue weighted by molar-refractivity contribution is 7.12. The highest BCUT2D eigenvalue weighted by Crippen LogP contribution is 2.19. The van der Waals surface area contributed by atoms with Crippen molar-refractivity contribution in [2.45, 2.75) is 32.2 Å². The van der Waals surface area contributed by atoms with E-state index in [0.29, 0.717) is 6.04 Å². The van der Waals surface area contributed by atoms with E-state index in [1.807, 2.05) is 17.3 Å². The maximum atomic E-state index is 12.3. The molecule has 1 saturated heterocycles. The lowest BCUT2D eigenvalue weighted by atomic mass is 10.2.